The number of benzene rings is 3. The molecular formula is C25H23FN2O3. The number of ether oxygens (including phenoxy) is 1. The third-order valence-corrected chi connectivity index (χ3v) is 5.43. The maximum atomic E-state index is 13.3. The molecule has 0 aliphatic rings. The molecule has 0 saturated heterocycles. The summed E-state index contributed by atoms with van der Waals surface area (Å²) < 4.78 is 21.1. The van der Waals surface area contributed by atoms with Crippen LogP contribution in [0.3, 0.4) is 0 Å². The molecule has 0 radical (unpaired) electrons. The topological polar surface area (TPSA) is 64.3 Å². The second-order valence-corrected chi connectivity index (χ2v) is 8.05. The molecule has 0 saturated carbocycles. The fourth-order valence-electron chi connectivity index (χ4n) is 3.59. The maximum Gasteiger partial charge on any atom is 0.312 e. The Morgan fingerprint density at radius 1 is 1.10 bits per heavy atom. The van der Waals surface area contributed by atoms with Crippen molar-refractivity contribution < 1.29 is 19.0 Å². The second kappa shape index (κ2) is 8.32. The van der Waals surface area contributed by atoms with E-state index in [-0.39, 0.29) is 5.82 Å². The predicted molar refractivity (Wildman–Crippen MR) is 116 cm³/mol. The molecule has 0 spiro atoms. The van der Waals surface area contributed by atoms with Gasteiger partial charge in [0, 0.05) is 5.39 Å². The lowest BCUT2D eigenvalue weighted by atomic mass is 9.82. The van der Waals surface area contributed by atoms with Crippen molar-refractivity contribution >= 4 is 16.9 Å². The first kappa shape index (κ1) is 20.8. The van der Waals surface area contributed by atoms with Crippen LogP contribution >= 0.6 is 0 Å². The van der Waals surface area contributed by atoms with Crippen molar-refractivity contribution in [3.63, 3.8) is 0 Å². The summed E-state index contributed by atoms with van der Waals surface area (Å²) in [4.78, 5) is 12.0. The number of rotatable bonds is 7. The Morgan fingerprint density at radius 3 is 2.48 bits per heavy atom. The molecule has 3 aromatic carbocycles. The fourth-order valence-corrected chi connectivity index (χ4v) is 3.59. The summed E-state index contributed by atoms with van der Waals surface area (Å²) in [5.41, 5.74) is 2.17. The van der Waals surface area contributed by atoms with E-state index in [0.717, 1.165) is 27.7 Å². The van der Waals surface area contributed by atoms with Gasteiger partial charge >= 0.3 is 5.97 Å². The minimum atomic E-state index is -1.14. The molecule has 0 aliphatic heterocycles. The molecule has 4 aromatic rings. The van der Waals surface area contributed by atoms with Crippen LogP contribution in [0.15, 0.2) is 79.0 Å². The van der Waals surface area contributed by atoms with Gasteiger partial charge in [-0.25, -0.2) is 9.07 Å². The van der Waals surface area contributed by atoms with E-state index in [4.69, 9.17) is 4.74 Å². The lowest BCUT2D eigenvalue weighted by Gasteiger charge is -2.31. The zero-order chi connectivity index (χ0) is 22.0. The van der Waals surface area contributed by atoms with Gasteiger partial charge in [-0.05, 0) is 61.4 Å². The van der Waals surface area contributed by atoms with Crippen LogP contribution in [0.25, 0.3) is 16.6 Å². The van der Waals surface area contributed by atoms with Crippen LogP contribution in [-0.4, -0.2) is 20.9 Å². The van der Waals surface area contributed by atoms with E-state index in [1.165, 1.54) is 12.1 Å². The van der Waals surface area contributed by atoms with E-state index in [1.54, 1.807) is 36.9 Å². The van der Waals surface area contributed by atoms with E-state index in [2.05, 4.69) is 5.10 Å². The van der Waals surface area contributed by atoms with Gasteiger partial charge in [-0.1, -0.05) is 36.4 Å². The van der Waals surface area contributed by atoms with E-state index in [0.29, 0.717) is 6.61 Å². The van der Waals surface area contributed by atoms with Crippen LogP contribution in [0, 0.1) is 11.2 Å². The number of carboxylic acid groups (broad SMARTS) is 1. The van der Waals surface area contributed by atoms with Crippen molar-refractivity contribution in [3.05, 3.63) is 95.9 Å². The number of hydrogen-bond acceptors (Lipinski definition) is 3. The Hall–Kier alpha value is -3.51. The van der Waals surface area contributed by atoms with E-state index in [1.807, 2.05) is 48.5 Å². The van der Waals surface area contributed by atoms with Crippen LogP contribution in [0.2, 0.25) is 0 Å². The molecule has 31 heavy (non-hydrogen) atoms. The van der Waals surface area contributed by atoms with Crippen molar-refractivity contribution in [2.45, 2.75) is 26.6 Å². The molecule has 0 amide bonds. The zero-order valence-corrected chi connectivity index (χ0v) is 17.3. The highest BCUT2D eigenvalue weighted by Gasteiger charge is 2.39. The molecule has 1 N–H and O–H groups in total. The molecule has 158 valence electrons. The molecule has 5 nitrogen and oxygen atoms in total. The summed E-state index contributed by atoms with van der Waals surface area (Å²) >= 11 is 0. The minimum Gasteiger partial charge on any atom is -0.481 e. The summed E-state index contributed by atoms with van der Waals surface area (Å²) in [6.45, 7) is 3.63. The summed E-state index contributed by atoms with van der Waals surface area (Å²) in [5.74, 6) is -1.25. The van der Waals surface area contributed by atoms with E-state index >= 15 is 0 Å². The first-order valence-electron chi connectivity index (χ1n) is 9.99. The number of halogens is 1. The molecule has 1 heterocycles. The normalized spacial score (nSPS) is 12.7. The Labute approximate surface area is 179 Å². The molecule has 1 unspecified atom stereocenters. The molecule has 1 aromatic heterocycles. The van der Waals surface area contributed by atoms with Crippen LogP contribution in [0.4, 0.5) is 4.39 Å². The Bertz CT molecular complexity index is 1200. The Kier molecular flexibility index (Phi) is 5.57. The van der Waals surface area contributed by atoms with Gasteiger partial charge in [-0.2, -0.15) is 5.10 Å². The van der Waals surface area contributed by atoms with Crippen molar-refractivity contribution in [1.29, 1.82) is 0 Å². The number of fused-ring (bicyclic) bond motifs is 1. The Morgan fingerprint density at radius 2 is 1.81 bits per heavy atom. The molecular weight excluding hydrogens is 395 g/mol. The summed E-state index contributed by atoms with van der Waals surface area (Å²) in [5, 5.41) is 15.1. The smallest absolute Gasteiger partial charge is 0.312 e. The standard InChI is InChI=1S/C25H23FN2O3/c1-25(2,24(29)30)23(31-16-17-6-4-3-5-7-17)18-8-13-22-19(14-18)15-27-28(22)21-11-9-20(26)10-12-21/h3-15,23H,16H2,1-2H3,(H,29,30). The molecule has 0 bridgehead atoms. The summed E-state index contributed by atoms with van der Waals surface area (Å²) in [6.07, 6.45) is 1.05. The molecule has 1 atom stereocenters. The summed E-state index contributed by atoms with van der Waals surface area (Å²) in [6, 6.07) is 21.4. The average Bonchev–Trinajstić information content (AvgIpc) is 3.18. The van der Waals surface area contributed by atoms with Gasteiger partial charge in [0.15, 0.2) is 0 Å². The van der Waals surface area contributed by atoms with Gasteiger partial charge in [-0.3, -0.25) is 4.79 Å². The van der Waals surface area contributed by atoms with Crippen LogP contribution in [0.5, 0.6) is 0 Å². The third kappa shape index (κ3) is 4.20. The molecule has 6 heteroatoms. The number of aromatic nitrogens is 2. The van der Waals surface area contributed by atoms with Crippen LogP contribution < -0.4 is 0 Å². The van der Waals surface area contributed by atoms with Crippen molar-refractivity contribution in [2.75, 3.05) is 0 Å². The zero-order valence-electron chi connectivity index (χ0n) is 17.3. The fraction of sp³-hybridized carbons (Fsp3) is 0.200. The molecule has 0 aliphatic carbocycles. The first-order chi connectivity index (χ1) is 14.9. The minimum absolute atomic E-state index is 0.301. The molecule has 4 rings (SSSR count). The van der Waals surface area contributed by atoms with E-state index < -0.39 is 17.5 Å². The lowest BCUT2D eigenvalue weighted by molar-refractivity contribution is -0.158. The average molecular weight is 418 g/mol. The number of carboxylic acids is 1. The monoisotopic (exact) mass is 418 g/mol. The van der Waals surface area contributed by atoms with E-state index in [9.17, 15) is 14.3 Å². The number of hydrogen-bond donors (Lipinski definition) is 1. The first-order valence-corrected chi connectivity index (χ1v) is 9.99. The van der Waals surface area contributed by atoms with Crippen molar-refractivity contribution in [1.82, 2.24) is 9.78 Å². The number of aliphatic carboxylic acids is 1. The summed E-state index contributed by atoms with van der Waals surface area (Å²) in [7, 11) is 0. The van der Waals surface area contributed by atoms with Gasteiger partial charge in [-0.15, -0.1) is 0 Å². The second-order valence-electron chi connectivity index (χ2n) is 8.05. The largest absolute Gasteiger partial charge is 0.481 e. The number of carbonyl (C=O) groups is 1. The molecule has 0 fully saturated rings. The highest BCUT2D eigenvalue weighted by atomic mass is 19.1. The SMILES string of the molecule is CC(C)(C(=O)O)C(OCc1ccccc1)c1ccc2c(cnn2-c2ccc(F)cc2)c1. The highest BCUT2D eigenvalue weighted by Crippen LogP contribution is 2.38. The third-order valence-electron chi connectivity index (χ3n) is 5.43. The van der Waals surface area contributed by atoms with Crippen LogP contribution in [0.1, 0.15) is 31.1 Å². The predicted octanol–water partition coefficient (Wildman–Crippen LogP) is 5.53. The van der Waals surface area contributed by atoms with Crippen molar-refractivity contribution in [2.24, 2.45) is 5.41 Å². The van der Waals surface area contributed by atoms with Gasteiger partial charge in [0.05, 0.1) is 35.5 Å². The van der Waals surface area contributed by atoms with Gasteiger partial charge in [0.2, 0.25) is 0 Å². The maximum absolute atomic E-state index is 13.3. The van der Waals surface area contributed by atoms with Crippen LogP contribution in [-0.2, 0) is 16.1 Å². The number of nitrogens with zero attached hydrogens (tertiary/aromatic N) is 2. The van der Waals surface area contributed by atoms with Crippen molar-refractivity contribution in [3.8, 4) is 5.69 Å². The lowest BCUT2D eigenvalue weighted by Crippen LogP contribution is -2.33. The van der Waals surface area contributed by atoms with Gasteiger partial charge in [0.1, 0.15) is 5.82 Å². The van der Waals surface area contributed by atoms with Gasteiger partial charge in [0.25, 0.3) is 0 Å². The quantitative estimate of drug-likeness (QED) is 0.428. The highest BCUT2D eigenvalue weighted by molar-refractivity contribution is 5.82. The Balaban J connectivity index is 1.69. The van der Waals surface area contributed by atoms with Gasteiger partial charge < -0.3 is 9.84 Å².